The van der Waals surface area contributed by atoms with E-state index in [0.29, 0.717) is 9.13 Å². The van der Waals surface area contributed by atoms with Gasteiger partial charge in [-0.05, 0) is 34.7 Å². The average molecular weight is 457 g/mol. The van der Waals surface area contributed by atoms with Crippen LogP contribution in [0.4, 0.5) is 5.82 Å². The molecule has 0 aliphatic carbocycles. The Hall–Kier alpha value is -1.82. The Balaban J connectivity index is 1.81. The predicted octanol–water partition coefficient (Wildman–Crippen LogP) is 0.741. The van der Waals surface area contributed by atoms with E-state index in [1.165, 1.54) is 10.8 Å². The number of ether oxygens (including phenoxy) is 1. The summed E-state index contributed by atoms with van der Waals surface area (Å²) in [5.41, 5.74) is -0.156. The molecule has 1 amide bonds. The van der Waals surface area contributed by atoms with Crippen LogP contribution < -0.4 is 11.0 Å². The summed E-state index contributed by atoms with van der Waals surface area (Å²) in [6.07, 6.45) is -0.602. The number of hydrogen-bond donors (Lipinski definition) is 3. The quantitative estimate of drug-likeness (QED) is 0.584. The lowest BCUT2D eigenvalue weighted by atomic mass is 10.2. The lowest BCUT2D eigenvalue weighted by molar-refractivity contribution is -0.0459. The number of benzene rings is 1. The number of carbonyl (C=O) groups excluding carboxylic acids is 1. The van der Waals surface area contributed by atoms with Crippen molar-refractivity contribution in [3.8, 4) is 0 Å². The summed E-state index contributed by atoms with van der Waals surface area (Å²) < 4.78 is 7.26. The Labute approximate surface area is 156 Å². The van der Waals surface area contributed by atoms with E-state index in [4.69, 9.17) is 9.84 Å². The molecule has 0 spiro atoms. The number of aliphatic hydroxyl groups excluding tert-OH is 2. The molecule has 1 aliphatic heterocycles. The number of hydrogen-bond acceptors (Lipinski definition) is 6. The number of anilines is 1. The van der Waals surface area contributed by atoms with Gasteiger partial charge in [-0.3, -0.25) is 9.36 Å². The van der Waals surface area contributed by atoms with Crippen molar-refractivity contribution in [3.05, 3.63) is 56.1 Å². The van der Waals surface area contributed by atoms with Crippen LogP contribution in [-0.2, 0) is 4.74 Å². The molecule has 1 aliphatic rings. The van der Waals surface area contributed by atoms with Gasteiger partial charge in [0, 0.05) is 18.2 Å². The van der Waals surface area contributed by atoms with Crippen LogP contribution >= 0.6 is 22.6 Å². The number of rotatable bonds is 4. The first-order valence-electron chi connectivity index (χ1n) is 7.59. The molecule has 3 rings (SSSR count). The Morgan fingerprint density at radius 3 is 2.76 bits per heavy atom. The number of nitrogens with zero attached hydrogens (tertiary/aromatic N) is 2. The Kier molecular flexibility index (Phi) is 5.47. The Morgan fingerprint density at radius 2 is 2.12 bits per heavy atom. The van der Waals surface area contributed by atoms with Gasteiger partial charge >= 0.3 is 5.69 Å². The highest BCUT2D eigenvalue weighted by Crippen LogP contribution is 2.28. The molecule has 1 aromatic carbocycles. The molecule has 3 atom stereocenters. The van der Waals surface area contributed by atoms with E-state index in [-0.39, 0.29) is 24.8 Å². The highest BCUT2D eigenvalue weighted by atomic mass is 127. The fourth-order valence-electron chi connectivity index (χ4n) is 2.56. The highest BCUT2D eigenvalue weighted by molar-refractivity contribution is 14.1. The molecule has 3 unspecified atom stereocenters. The largest absolute Gasteiger partial charge is 0.394 e. The molecule has 3 N–H and O–H groups in total. The smallest absolute Gasteiger partial charge is 0.351 e. The molecule has 1 saturated heterocycles. The minimum atomic E-state index is -0.850. The van der Waals surface area contributed by atoms with Gasteiger partial charge in [0.1, 0.15) is 12.3 Å². The molecule has 0 saturated carbocycles. The van der Waals surface area contributed by atoms with Gasteiger partial charge in [0.05, 0.1) is 16.3 Å². The van der Waals surface area contributed by atoms with E-state index in [1.807, 2.05) is 22.6 Å². The van der Waals surface area contributed by atoms with Crippen molar-refractivity contribution in [1.29, 1.82) is 0 Å². The first-order chi connectivity index (χ1) is 12.0. The van der Waals surface area contributed by atoms with E-state index in [0.717, 1.165) is 0 Å². The summed E-state index contributed by atoms with van der Waals surface area (Å²) >= 11 is 1.96. The summed E-state index contributed by atoms with van der Waals surface area (Å²) in [5, 5.41) is 21.6. The van der Waals surface area contributed by atoms with Gasteiger partial charge in [0.2, 0.25) is 0 Å². The zero-order valence-corrected chi connectivity index (χ0v) is 15.2. The molecule has 9 heteroatoms. The maximum atomic E-state index is 12.3. The zero-order valence-electron chi connectivity index (χ0n) is 13.0. The second kappa shape index (κ2) is 7.60. The number of carbonyl (C=O) groups is 1. The third kappa shape index (κ3) is 3.89. The maximum absolute atomic E-state index is 12.3. The predicted molar refractivity (Wildman–Crippen MR) is 97.2 cm³/mol. The van der Waals surface area contributed by atoms with Gasteiger partial charge in [-0.2, -0.15) is 4.98 Å². The van der Waals surface area contributed by atoms with Crippen LogP contribution in [0, 0.1) is 3.57 Å². The van der Waals surface area contributed by atoms with Crippen LogP contribution in [0.1, 0.15) is 23.0 Å². The third-order valence-electron chi connectivity index (χ3n) is 3.87. The number of amides is 1. The van der Waals surface area contributed by atoms with Crippen molar-refractivity contribution in [2.75, 3.05) is 11.9 Å². The maximum Gasteiger partial charge on any atom is 0.351 e. The fourth-order valence-corrected chi connectivity index (χ4v) is 3.11. The van der Waals surface area contributed by atoms with Crippen molar-refractivity contribution in [1.82, 2.24) is 9.55 Å². The molecule has 8 nitrogen and oxygen atoms in total. The lowest BCUT2D eigenvalue weighted by Crippen LogP contribution is -2.29. The summed E-state index contributed by atoms with van der Waals surface area (Å²) in [4.78, 5) is 28.4. The number of aliphatic hydroxyl groups is 2. The number of aromatic nitrogens is 2. The van der Waals surface area contributed by atoms with Crippen molar-refractivity contribution in [2.45, 2.75) is 24.9 Å². The topological polar surface area (TPSA) is 114 Å². The van der Waals surface area contributed by atoms with Gasteiger partial charge in [-0.15, -0.1) is 0 Å². The van der Waals surface area contributed by atoms with E-state index in [2.05, 4.69) is 10.3 Å². The zero-order chi connectivity index (χ0) is 18.0. The first kappa shape index (κ1) is 18.0. The Bertz CT molecular complexity index is 826. The van der Waals surface area contributed by atoms with Crippen molar-refractivity contribution in [2.24, 2.45) is 0 Å². The van der Waals surface area contributed by atoms with Crippen LogP contribution in [0.3, 0.4) is 0 Å². The monoisotopic (exact) mass is 457 g/mol. The van der Waals surface area contributed by atoms with Gasteiger partial charge in [0.15, 0.2) is 5.82 Å². The van der Waals surface area contributed by atoms with Crippen LogP contribution in [0.5, 0.6) is 0 Å². The molecular weight excluding hydrogens is 441 g/mol. The van der Waals surface area contributed by atoms with Crippen molar-refractivity contribution in [3.63, 3.8) is 0 Å². The van der Waals surface area contributed by atoms with E-state index < -0.39 is 24.1 Å². The number of nitrogens with one attached hydrogen (secondary N) is 1. The lowest BCUT2D eigenvalue weighted by Gasteiger charge is -2.15. The Morgan fingerprint density at radius 1 is 1.40 bits per heavy atom. The fraction of sp³-hybridized carbons (Fsp3) is 0.312. The molecular formula is C16H16IN3O5. The van der Waals surface area contributed by atoms with Crippen molar-refractivity contribution < 1.29 is 19.7 Å². The summed E-state index contributed by atoms with van der Waals surface area (Å²) in [6, 6.07) is 8.60. The summed E-state index contributed by atoms with van der Waals surface area (Å²) in [5.74, 6) is -0.205. The second-order valence-electron chi connectivity index (χ2n) is 5.56. The van der Waals surface area contributed by atoms with E-state index in [9.17, 15) is 14.7 Å². The van der Waals surface area contributed by atoms with E-state index in [1.54, 1.807) is 30.3 Å². The molecule has 1 fully saturated rings. The van der Waals surface area contributed by atoms with Crippen LogP contribution in [0.2, 0.25) is 0 Å². The molecule has 0 radical (unpaired) electrons. The second-order valence-corrected chi connectivity index (χ2v) is 6.72. The standard InChI is InChI=1S/C16H16IN3O5/c17-10-7-20(13-6-11(22)12(8-21)25-13)16(24)19-14(10)18-15(23)9-4-2-1-3-5-9/h1-5,7,11-13,21-22H,6,8H2,(H,18,19,23,24). The minimum absolute atomic E-state index is 0.160. The first-order valence-corrected chi connectivity index (χ1v) is 8.67. The minimum Gasteiger partial charge on any atom is -0.394 e. The van der Waals surface area contributed by atoms with Gasteiger partial charge < -0.3 is 20.3 Å². The molecule has 2 heterocycles. The van der Waals surface area contributed by atoms with Crippen LogP contribution in [-0.4, -0.2) is 44.5 Å². The van der Waals surface area contributed by atoms with Gasteiger partial charge in [0.25, 0.3) is 5.91 Å². The summed E-state index contributed by atoms with van der Waals surface area (Å²) in [7, 11) is 0. The molecule has 132 valence electrons. The molecule has 1 aromatic heterocycles. The van der Waals surface area contributed by atoms with E-state index >= 15 is 0 Å². The highest BCUT2D eigenvalue weighted by Gasteiger charge is 2.35. The molecule has 2 aromatic rings. The summed E-state index contributed by atoms with van der Waals surface area (Å²) in [6.45, 7) is -0.331. The molecule has 25 heavy (non-hydrogen) atoms. The average Bonchev–Trinajstić information content (AvgIpc) is 2.99. The third-order valence-corrected chi connectivity index (χ3v) is 4.66. The van der Waals surface area contributed by atoms with Gasteiger partial charge in [-0.1, -0.05) is 18.2 Å². The van der Waals surface area contributed by atoms with Crippen LogP contribution in [0.25, 0.3) is 0 Å². The normalized spacial score (nSPS) is 22.8. The van der Waals surface area contributed by atoms with Crippen LogP contribution in [0.15, 0.2) is 41.3 Å². The molecule has 0 bridgehead atoms. The van der Waals surface area contributed by atoms with Crippen molar-refractivity contribution >= 4 is 34.3 Å². The SMILES string of the molecule is O=C(Nc1nc(=O)n(C2CC(O)C(CO)O2)cc1I)c1ccccc1. The van der Waals surface area contributed by atoms with Gasteiger partial charge in [-0.25, -0.2) is 4.79 Å². The number of halogens is 1.